The predicted molar refractivity (Wildman–Crippen MR) is 73.3 cm³/mol. The molecule has 0 saturated carbocycles. The van der Waals surface area contributed by atoms with Gasteiger partial charge in [0.15, 0.2) is 0 Å². The van der Waals surface area contributed by atoms with E-state index in [-0.39, 0.29) is 6.04 Å². The summed E-state index contributed by atoms with van der Waals surface area (Å²) in [6.45, 7) is 10.5. The van der Waals surface area contributed by atoms with Crippen molar-refractivity contribution in [3.8, 4) is 0 Å². The van der Waals surface area contributed by atoms with Crippen LogP contribution < -0.4 is 5.32 Å². The Morgan fingerprint density at radius 2 is 1.53 bits per heavy atom. The molecule has 2 nitrogen and oxygen atoms in total. The largest absolute Gasteiger partial charge is 0.387 e. The molecule has 2 atom stereocenters. The number of aliphatic hydroxyl groups is 1. The molecule has 1 rings (SSSR count). The Labute approximate surface area is 105 Å². The van der Waals surface area contributed by atoms with Crippen LogP contribution >= 0.6 is 0 Å². The van der Waals surface area contributed by atoms with E-state index in [1.165, 1.54) is 16.7 Å². The van der Waals surface area contributed by atoms with Crippen molar-refractivity contribution in [3.63, 3.8) is 0 Å². The highest BCUT2D eigenvalue weighted by Gasteiger charge is 2.24. The summed E-state index contributed by atoms with van der Waals surface area (Å²) in [4.78, 5) is 0. The second-order valence-corrected chi connectivity index (χ2v) is 5.32. The van der Waals surface area contributed by atoms with Gasteiger partial charge in [-0.15, -0.1) is 0 Å². The van der Waals surface area contributed by atoms with E-state index >= 15 is 0 Å². The lowest BCUT2D eigenvalue weighted by molar-refractivity contribution is 0.108. The van der Waals surface area contributed by atoms with Gasteiger partial charge >= 0.3 is 0 Å². The molecule has 1 aromatic rings. The number of aliphatic hydroxyl groups excluding tert-OH is 1. The molecule has 2 unspecified atom stereocenters. The number of nitrogens with one attached hydrogen (secondary N) is 1. The fourth-order valence-corrected chi connectivity index (χ4v) is 2.69. The number of likely N-dealkylation sites (N-methyl/N-ethyl adjacent to an activating group) is 1. The van der Waals surface area contributed by atoms with Crippen LogP contribution in [-0.2, 0) is 0 Å². The Bertz CT molecular complexity index is 362. The van der Waals surface area contributed by atoms with Crippen LogP contribution in [0.3, 0.4) is 0 Å². The van der Waals surface area contributed by atoms with Crippen LogP contribution in [0.1, 0.15) is 42.2 Å². The quantitative estimate of drug-likeness (QED) is 0.841. The van der Waals surface area contributed by atoms with Crippen molar-refractivity contribution in [2.24, 2.45) is 5.92 Å². The van der Waals surface area contributed by atoms with E-state index < -0.39 is 6.10 Å². The first-order chi connectivity index (χ1) is 7.88. The van der Waals surface area contributed by atoms with Crippen LogP contribution in [0.15, 0.2) is 12.1 Å². The van der Waals surface area contributed by atoms with Crippen LogP contribution in [0.5, 0.6) is 0 Å². The summed E-state index contributed by atoms with van der Waals surface area (Å²) in [6.07, 6.45) is -0.444. The highest BCUT2D eigenvalue weighted by atomic mass is 16.3. The third-order valence-electron chi connectivity index (χ3n) is 3.43. The highest BCUT2D eigenvalue weighted by molar-refractivity contribution is 5.39. The fourth-order valence-electron chi connectivity index (χ4n) is 2.69. The maximum atomic E-state index is 10.5. The minimum absolute atomic E-state index is 0.0927. The SMILES string of the molecule is CNC(C(C)C)C(O)c1c(C)cc(C)cc1C. The van der Waals surface area contributed by atoms with Gasteiger partial charge in [0.1, 0.15) is 0 Å². The fraction of sp³-hybridized carbons (Fsp3) is 0.600. The maximum absolute atomic E-state index is 10.5. The molecule has 0 fully saturated rings. The van der Waals surface area contributed by atoms with Crippen molar-refractivity contribution < 1.29 is 5.11 Å². The Kier molecular flexibility index (Phi) is 4.72. The van der Waals surface area contributed by atoms with Crippen LogP contribution in [0.25, 0.3) is 0 Å². The summed E-state index contributed by atoms with van der Waals surface area (Å²) >= 11 is 0. The van der Waals surface area contributed by atoms with Crippen molar-refractivity contribution in [2.45, 2.75) is 46.8 Å². The van der Waals surface area contributed by atoms with E-state index in [9.17, 15) is 5.11 Å². The molecule has 0 aliphatic rings. The molecule has 0 radical (unpaired) electrons. The minimum atomic E-state index is -0.444. The third kappa shape index (κ3) is 3.08. The number of hydrogen-bond acceptors (Lipinski definition) is 2. The Hall–Kier alpha value is -0.860. The van der Waals surface area contributed by atoms with E-state index in [1.54, 1.807) is 0 Å². The van der Waals surface area contributed by atoms with Gasteiger partial charge in [-0.25, -0.2) is 0 Å². The van der Waals surface area contributed by atoms with Crippen molar-refractivity contribution in [2.75, 3.05) is 7.05 Å². The van der Waals surface area contributed by atoms with Gasteiger partial charge in [-0.05, 0) is 50.4 Å². The lowest BCUT2D eigenvalue weighted by Gasteiger charge is -2.28. The number of hydrogen-bond donors (Lipinski definition) is 2. The minimum Gasteiger partial charge on any atom is -0.387 e. The first-order valence-corrected chi connectivity index (χ1v) is 6.31. The van der Waals surface area contributed by atoms with Gasteiger partial charge in [-0.2, -0.15) is 0 Å². The summed E-state index contributed by atoms with van der Waals surface area (Å²) in [5, 5.41) is 13.8. The van der Waals surface area contributed by atoms with E-state index in [0.29, 0.717) is 5.92 Å². The summed E-state index contributed by atoms with van der Waals surface area (Å²) in [5.74, 6) is 0.398. The number of aryl methyl sites for hydroxylation is 3. The smallest absolute Gasteiger partial charge is 0.0950 e. The standard InChI is InChI=1S/C15H25NO/c1-9(2)14(16-6)15(17)13-11(4)7-10(3)8-12(13)5/h7-9,14-17H,1-6H3. The second-order valence-electron chi connectivity index (χ2n) is 5.32. The summed E-state index contributed by atoms with van der Waals surface area (Å²) in [5.41, 5.74) is 4.68. The van der Waals surface area contributed by atoms with Crippen LogP contribution in [-0.4, -0.2) is 18.2 Å². The molecule has 0 heterocycles. The zero-order valence-corrected chi connectivity index (χ0v) is 11.8. The topological polar surface area (TPSA) is 32.3 Å². The molecule has 0 aliphatic carbocycles. The van der Waals surface area contributed by atoms with E-state index in [1.807, 2.05) is 7.05 Å². The molecule has 2 N–H and O–H groups in total. The van der Waals surface area contributed by atoms with Crippen LogP contribution in [0.4, 0.5) is 0 Å². The van der Waals surface area contributed by atoms with Gasteiger partial charge in [0, 0.05) is 6.04 Å². The van der Waals surface area contributed by atoms with Crippen molar-refractivity contribution >= 4 is 0 Å². The van der Waals surface area contributed by atoms with E-state index in [2.05, 4.69) is 52.1 Å². The highest BCUT2D eigenvalue weighted by Crippen LogP contribution is 2.28. The molecule has 0 bridgehead atoms. The molecule has 1 aromatic carbocycles. The van der Waals surface area contributed by atoms with Crippen molar-refractivity contribution in [1.82, 2.24) is 5.32 Å². The Morgan fingerprint density at radius 3 is 1.88 bits per heavy atom. The molecule has 0 spiro atoms. The van der Waals surface area contributed by atoms with Crippen LogP contribution in [0, 0.1) is 26.7 Å². The number of benzene rings is 1. The monoisotopic (exact) mass is 235 g/mol. The normalized spacial score (nSPS) is 15.1. The molecule has 17 heavy (non-hydrogen) atoms. The molecule has 0 aromatic heterocycles. The lowest BCUT2D eigenvalue weighted by atomic mass is 9.88. The van der Waals surface area contributed by atoms with Gasteiger partial charge in [-0.1, -0.05) is 31.5 Å². The molecule has 0 saturated heterocycles. The summed E-state index contributed by atoms with van der Waals surface area (Å²) in [6, 6.07) is 4.37. The average molecular weight is 235 g/mol. The molecular weight excluding hydrogens is 210 g/mol. The van der Waals surface area contributed by atoms with Gasteiger partial charge in [0.25, 0.3) is 0 Å². The van der Waals surface area contributed by atoms with E-state index in [4.69, 9.17) is 0 Å². The molecule has 0 amide bonds. The zero-order chi connectivity index (χ0) is 13.2. The van der Waals surface area contributed by atoms with Gasteiger partial charge in [0.05, 0.1) is 6.10 Å². The first kappa shape index (κ1) is 14.2. The molecule has 96 valence electrons. The van der Waals surface area contributed by atoms with Gasteiger partial charge in [-0.3, -0.25) is 0 Å². The van der Waals surface area contributed by atoms with Gasteiger partial charge < -0.3 is 10.4 Å². The number of rotatable bonds is 4. The molecule has 2 heteroatoms. The molecular formula is C15H25NO. The summed E-state index contributed by atoms with van der Waals surface area (Å²) in [7, 11) is 1.91. The second kappa shape index (κ2) is 5.65. The lowest BCUT2D eigenvalue weighted by Crippen LogP contribution is -2.37. The zero-order valence-electron chi connectivity index (χ0n) is 11.8. The average Bonchev–Trinajstić information content (AvgIpc) is 2.15. The predicted octanol–water partition coefficient (Wildman–Crippen LogP) is 2.89. The van der Waals surface area contributed by atoms with Crippen molar-refractivity contribution in [1.29, 1.82) is 0 Å². The summed E-state index contributed by atoms with van der Waals surface area (Å²) < 4.78 is 0. The maximum Gasteiger partial charge on any atom is 0.0950 e. The van der Waals surface area contributed by atoms with Crippen LogP contribution in [0.2, 0.25) is 0 Å². The Balaban J connectivity index is 3.15. The third-order valence-corrected chi connectivity index (χ3v) is 3.43. The molecule has 0 aliphatic heterocycles. The van der Waals surface area contributed by atoms with Crippen molar-refractivity contribution in [3.05, 3.63) is 34.4 Å². The van der Waals surface area contributed by atoms with E-state index in [0.717, 1.165) is 5.56 Å². The van der Waals surface area contributed by atoms with Gasteiger partial charge in [0.2, 0.25) is 0 Å². The Morgan fingerprint density at radius 1 is 1.06 bits per heavy atom. The first-order valence-electron chi connectivity index (χ1n) is 6.31.